The minimum Gasteiger partial charge on any atom is -0.489 e. The Morgan fingerprint density at radius 2 is 1.84 bits per heavy atom. The number of rotatable bonds is 8. The van der Waals surface area contributed by atoms with Crippen LogP contribution in [0.1, 0.15) is 73.3 Å². The molecule has 1 fully saturated rings. The molecule has 1 amide bonds. The number of hydrogen-bond acceptors (Lipinski definition) is 6. The van der Waals surface area contributed by atoms with E-state index >= 15 is 0 Å². The molecule has 0 aliphatic heterocycles. The van der Waals surface area contributed by atoms with Crippen LogP contribution in [0.4, 0.5) is 0 Å². The summed E-state index contributed by atoms with van der Waals surface area (Å²) in [4.78, 5) is 27.3. The summed E-state index contributed by atoms with van der Waals surface area (Å²) in [7, 11) is 0. The number of aryl methyl sites for hydroxylation is 2. The predicted octanol–water partition coefficient (Wildman–Crippen LogP) is 4.60. The average molecular weight is 429 g/mol. The summed E-state index contributed by atoms with van der Waals surface area (Å²) in [6.07, 6.45) is 4.75. The van der Waals surface area contributed by atoms with Crippen LogP contribution in [0.5, 0.6) is 5.75 Å². The zero-order chi connectivity index (χ0) is 22.4. The van der Waals surface area contributed by atoms with Crippen molar-refractivity contribution in [2.24, 2.45) is 0 Å². The number of amides is 1. The minimum absolute atomic E-state index is 0.123. The molecule has 1 saturated carbocycles. The van der Waals surface area contributed by atoms with E-state index in [1.54, 1.807) is 31.2 Å². The molecule has 31 heavy (non-hydrogen) atoms. The number of nitrogens with zero attached hydrogens (tertiary/aromatic N) is 2. The van der Waals surface area contributed by atoms with Crippen LogP contribution >= 0.6 is 0 Å². The number of hydrogen-bond donors (Lipinski definition) is 0. The van der Waals surface area contributed by atoms with Crippen LogP contribution in [0.25, 0.3) is 0 Å². The van der Waals surface area contributed by atoms with E-state index in [0.29, 0.717) is 24.5 Å². The van der Waals surface area contributed by atoms with Crippen molar-refractivity contribution < 1.29 is 23.6 Å². The van der Waals surface area contributed by atoms with Gasteiger partial charge >= 0.3 is 5.97 Å². The second-order valence-electron chi connectivity index (χ2n) is 8.08. The van der Waals surface area contributed by atoms with Crippen LogP contribution in [-0.2, 0) is 16.1 Å². The van der Waals surface area contributed by atoms with E-state index in [9.17, 15) is 9.59 Å². The molecule has 1 aromatic heterocycles. The van der Waals surface area contributed by atoms with Crippen molar-refractivity contribution in [3.63, 3.8) is 0 Å². The zero-order valence-corrected chi connectivity index (χ0v) is 18.8. The third-order valence-corrected chi connectivity index (χ3v) is 5.93. The molecular weight excluding hydrogens is 396 g/mol. The fourth-order valence-corrected chi connectivity index (χ4v) is 4.05. The summed E-state index contributed by atoms with van der Waals surface area (Å²) in [5, 5.41) is 3.91. The van der Waals surface area contributed by atoms with Gasteiger partial charge in [-0.25, -0.2) is 4.79 Å². The van der Waals surface area contributed by atoms with Gasteiger partial charge in [-0.1, -0.05) is 24.4 Å². The molecular formula is C24H32N2O5. The summed E-state index contributed by atoms with van der Waals surface area (Å²) < 4.78 is 16.4. The van der Waals surface area contributed by atoms with Crippen LogP contribution in [0.15, 0.2) is 28.8 Å². The van der Waals surface area contributed by atoms with Gasteiger partial charge in [-0.3, -0.25) is 4.79 Å². The minimum atomic E-state index is -0.815. The van der Waals surface area contributed by atoms with Crippen LogP contribution in [0.2, 0.25) is 0 Å². The van der Waals surface area contributed by atoms with E-state index in [1.165, 1.54) is 6.42 Å². The predicted molar refractivity (Wildman–Crippen MR) is 116 cm³/mol. The second kappa shape index (κ2) is 10.5. The lowest BCUT2D eigenvalue weighted by Crippen LogP contribution is -2.46. The molecule has 1 atom stereocenters. The SMILES string of the molecule is CCN(C(=O)[C@@H](C)OC(=O)c1ccc(OCc2c(C)noc2C)cc1)C1CCCCC1. The summed E-state index contributed by atoms with van der Waals surface area (Å²) >= 11 is 0. The second-order valence-corrected chi connectivity index (χ2v) is 8.08. The molecule has 1 aliphatic rings. The highest BCUT2D eigenvalue weighted by Gasteiger charge is 2.29. The van der Waals surface area contributed by atoms with E-state index in [-0.39, 0.29) is 11.9 Å². The summed E-state index contributed by atoms with van der Waals surface area (Å²) in [6, 6.07) is 6.95. The van der Waals surface area contributed by atoms with Crippen LogP contribution < -0.4 is 4.74 Å². The number of likely N-dealkylation sites (N-methyl/N-ethyl adjacent to an activating group) is 1. The standard InChI is InChI=1S/C24H32N2O5/c1-5-26(20-9-7-6-8-10-20)23(27)18(4)30-24(28)19-11-13-21(14-12-19)29-15-22-16(2)25-31-17(22)3/h11-14,18,20H,5-10,15H2,1-4H3/t18-/m1/s1. The molecule has 3 rings (SSSR count). The van der Waals surface area contributed by atoms with Crippen molar-refractivity contribution in [1.29, 1.82) is 0 Å². The maximum absolute atomic E-state index is 12.9. The highest BCUT2D eigenvalue weighted by molar-refractivity contribution is 5.92. The van der Waals surface area contributed by atoms with Gasteiger partial charge in [0.25, 0.3) is 5.91 Å². The number of aromatic nitrogens is 1. The molecule has 7 nitrogen and oxygen atoms in total. The van der Waals surface area contributed by atoms with Crippen molar-refractivity contribution in [3.8, 4) is 5.75 Å². The largest absolute Gasteiger partial charge is 0.489 e. The van der Waals surface area contributed by atoms with Crippen molar-refractivity contribution in [2.75, 3.05) is 6.54 Å². The number of carbonyl (C=O) groups excluding carboxylic acids is 2. The van der Waals surface area contributed by atoms with E-state index in [4.69, 9.17) is 14.0 Å². The normalized spacial score (nSPS) is 15.4. The number of ether oxygens (including phenoxy) is 2. The highest BCUT2D eigenvalue weighted by atomic mass is 16.5. The summed E-state index contributed by atoms with van der Waals surface area (Å²) in [6.45, 7) is 8.29. The Morgan fingerprint density at radius 3 is 2.42 bits per heavy atom. The van der Waals surface area contributed by atoms with Gasteiger partial charge in [-0.15, -0.1) is 0 Å². The van der Waals surface area contributed by atoms with Crippen molar-refractivity contribution in [2.45, 2.75) is 78.6 Å². The lowest BCUT2D eigenvalue weighted by Gasteiger charge is -2.35. The average Bonchev–Trinajstić information content (AvgIpc) is 3.11. The monoisotopic (exact) mass is 428 g/mol. The zero-order valence-electron chi connectivity index (χ0n) is 18.8. The summed E-state index contributed by atoms with van der Waals surface area (Å²) in [5.74, 6) is 0.709. The van der Waals surface area contributed by atoms with Crippen molar-refractivity contribution in [3.05, 3.63) is 46.8 Å². The Bertz CT molecular complexity index is 864. The van der Waals surface area contributed by atoms with E-state index in [2.05, 4.69) is 5.16 Å². The Hall–Kier alpha value is -2.83. The lowest BCUT2D eigenvalue weighted by atomic mass is 9.94. The Morgan fingerprint density at radius 1 is 1.16 bits per heavy atom. The molecule has 0 spiro atoms. The van der Waals surface area contributed by atoms with Crippen molar-refractivity contribution >= 4 is 11.9 Å². The molecule has 0 radical (unpaired) electrons. The van der Waals surface area contributed by atoms with Crippen LogP contribution in [-0.4, -0.2) is 40.6 Å². The molecule has 0 unspecified atom stereocenters. The maximum Gasteiger partial charge on any atom is 0.338 e. The lowest BCUT2D eigenvalue weighted by molar-refractivity contribution is -0.142. The topological polar surface area (TPSA) is 81.9 Å². The molecule has 1 heterocycles. The van der Waals surface area contributed by atoms with Gasteiger partial charge in [0.2, 0.25) is 0 Å². The van der Waals surface area contributed by atoms with E-state index in [1.807, 2.05) is 25.7 Å². The van der Waals surface area contributed by atoms with Gasteiger partial charge in [-0.2, -0.15) is 0 Å². The molecule has 1 aliphatic carbocycles. The van der Waals surface area contributed by atoms with Crippen LogP contribution in [0, 0.1) is 13.8 Å². The van der Waals surface area contributed by atoms with Gasteiger partial charge < -0.3 is 18.9 Å². The first-order valence-corrected chi connectivity index (χ1v) is 11.1. The third-order valence-electron chi connectivity index (χ3n) is 5.93. The Labute approximate surface area is 183 Å². The Kier molecular flexibility index (Phi) is 7.71. The Balaban J connectivity index is 1.55. The van der Waals surface area contributed by atoms with Crippen LogP contribution in [0.3, 0.4) is 0 Å². The van der Waals surface area contributed by atoms with Gasteiger partial charge in [-0.05, 0) is 64.8 Å². The van der Waals surface area contributed by atoms with Crippen molar-refractivity contribution in [1.82, 2.24) is 10.1 Å². The molecule has 0 bridgehead atoms. The number of benzene rings is 1. The first-order chi connectivity index (χ1) is 14.9. The van der Waals surface area contributed by atoms with E-state index < -0.39 is 12.1 Å². The molecule has 168 valence electrons. The molecule has 7 heteroatoms. The quantitative estimate of drug-likeness (QED) is 0.572. The fourth-order valence-electron chi connectivity index (χ4n) is 4.05. The molecule has 0 saturated heterocycles. The van der Waals surface area contributed by atoms with Gasteiger partial charge in [0.05, 0.1) is 16.8 Å². The summed E-state index contributed by atoms with van der Waals surface area (Å²) in [5.41, 5.74) is 2.09. The first-order valence-electron chi connectivity index (χ1n) is 11.1. The maximum atomic E-state index is 12.9. The molecule has 1 aromatic carbocycles. The molecule has 2 aromatic rings. The highest BCUT2D eigenvalue weighted by Crippen LogP contribution is 2.24. The third kappa shape index (κ3) is 5.66. The van der Waals surface area contributed by atoms with Gasteiger partial charge in [0.15, 0.2) is 6.10 Å². The van der Waals surface area contributed by atoms with Gasteiger partial charge in [0, 0.05) is 12.6 Å². The van der Waals surface area contributed by atoms with E-state index in [0.717, 1.165) is 42.7 Å². The first kappa shape index (κ1) is 22.8. The number of carbonyl (C=O) groups is 2. The molecule has 0 N–H and O–H groups in total. The smallest absolute Gasteiger partial charge is 0.338 e. The number of esters is 1. The fraction of sp³-hybridized carbons (Fsp3) is 0.542. The van der Waals surface area contributed by atoms with Gasteiger partial charge in [0.1, 0.15) is 18.1 Å².